The van der Waals surface area contributed by atoms with Crippen LogP contribution in [0.2, 0.25) is 0 Å². The number of nitrogens with one attached hydrogen (secondary N) is 1. The van der Waals surface area contributed by atoms with E-state index in [-0.39, 0.29) is 12.5 Å². The van der Waals surface area contributed by atoms with Gasteiger partial charge in [-0.3, -0.25) is 4.79 Å². The molecule has 0 aliphatic rings. The summed E-state index contributed by atoms with van der Waals surface area (Å²) in [6.45, 7) is 2.18. The Morgan fingerprint density at radius 1 is 1.60 bits per heavy atom. The summed E-state index contributed by atoms with van der Waals surface area (Å²) in [4.78, 5) is 12.8. The molecule has 0 radical (unpaired) electrons. The van der Waals surface area contributed by atoms with Gasteiger partial charge in [-0.2, -0.15) is 0 Å². The number of benzene rings is 1. The first kappa shape index (κ1) is 11.7. The predicted molar refractivity (Wildman–Crippen MR) is 64.1 cm³/mol. The van der Waals surface area contributed by atoms with E-state index >= 15 is 0 Å². The SMILES string of the molecule is C#CCNC(=O)c1cc(SC)ccc1C. The minimum Gasteiger partial charge on any atom is -0.341 e. The summed E-state index contributed by atoms with van der Waals surface area (Å²) in [5.74, 6) is 2.27. The maximum absolute atomic E-state index is 11.7. The van der Waals surface area contributed by atoms with Crippen LogP contribution in [-0.4, -0.2) is 18.7 Å². The maximum Gasteiger partial charge on any atom is 0.252 e. The molecule has 0 bridgehead atoms. The number of carbonyl (C=O) groups is 1. The lowest BCUT2D eigenvalue weighted by atomic mass is 10.1. The smallest absolute Gasteiger partial charge is 0.252 e. The van der Waals surface area contributed by atoms with Crippen LogP contribution in [0.4, 0.5) is 0 Å². The van der Waals surface area contributed by atoms with E-state index in [1.807, 2.05) is 31.4 Å². The van der Waals surface area contributed by atoms with Gasteiger partial charge < -0.3 is 5.32 Å². The van der Waals surface area contributed by atoms with Gasteiger partial charge in [0, 0.05) is 10.5 Å². The molecule has 3 heteroatoms. The van der Waals surface area contributed by atoms with Gasteiger partial charge in [0.2, 0.25) is 0 Å². The second-order valence-corrected chi connectivity index (χ2v) is 3.95. The number of aryl methyl sites for hydroxylation is 1. The Kier molecular flexibility index (Phi) is 4.26. The van der Waals surface area contributed by atoms with Gasteiger partial charge in [-0.1, -0.05) is 12.0 Å². The Hall–Kier alpha value is -1.40. The van der Waals surface area contributed by atoms with Crippen molar-refractivity contribution in [3.63, 3.8) is 0 Å². The van der Waals surface area contributed by atoms with Crippen molar-refractivity contribution in [3.05, 3.63) is 29.3 Å². The Morgan fingerprint density at radius 2 is 2.33 bits per heavy atom. The molecule has 0 fully saturated rings. The molecule has 78 valence electrons. The normalized spacial score (nSPS) is 9.40. The first-order valence-electron chi connectivity index (χ1n) is 4.55. The van der Waals surface area contributed by atoms with E-state index in [2.05, 4.69) is 11.2 Å². The van der Waals surface area contributed by atoms with E-state index in [4.69, 9.17) is 6.42 Å². The molecule has 1 aromatic rings. The van der Waals surface area contributed by atoms with Gasteiger partial charge >= 0.3 is 0 Å². The average Bonchev–Trinajstić information content (AvgIpc) is 2.26. The first-order chi connectivity index (χ1) is 7.19. The number of rotatable bonds is 3. The Bertz CT molecular complexity index is 407. The van der Waals surface area contributed by atoms with Crippen LogP contribution in [0, 0.1) is 19.3 Å². The maximum atomic E-state index is 11.7. The number of carbonyl (C=O) groups excluding carboxylic acids is 1. The van der Waals surface area contributed by atoms with E-state index in [1.54, 1.807) is 11.8 Å². The highest BCUT2D eigenvalue weighted by atomic mass is 32.2. The number of amides is 1. The summed E-state index contributed by atoms with van der Waals surface area (Å²) in [6, 6.07) is 5.82. The van der Waals surface area contributed by atoms with Crippen molar-refractivity contribution < 1.29 is 4.79 Å². The van der Waals surface area contributed by atoms with Crippen LogP contribution in [0.5, 0.6) is 0 Å². The van der Waals surface area contributed by atoms with E-state index in [0.717, 1.165) is 10.5 Å². The van der Waals surface area contributed by atoms with Crippen LogP contribution in [0.1, 0.15) is 15.9 Å². The zero-order valence-corrected chi connectivity index (χ0v) is 9.65. The topological polar surface area (TPSA) is 29.1 Å². The van der Waals surface area contributed by atoms with Gasteiger partial charge in [0.15, 0.2) is 0 Å². The number of hydrogen-bond acceptors (Lipinski definition) is 2. The molecule has 0 aliphatic carbocycles. The highest BCUT2D eigenvalue weighted by molar-refractivity contribution is 7.98. The molecular formula is C12H13NOS. The van der Waals surface area contributed by atoms with Crippen LogP contribution in [-0.2, 0) is 0 Å². The average molecular weight is 219 g/mol. The fourth-order valence-corrected chi connectivity index (χ4v) is 1.64. The summed E-state index contributed by atoms with van der Waals surface area (Å²) in [6.07, 6.45) is 7.06. The van der Waals surface area contributed by atoms with Crippen molar-refractivity contribution in [2.75, 3.05) is 12.8 Å². The first-order valence-corrected chi connectivity index (χ1v) is 5.78. The summed E-state index contributed by atoms with van der Waals surface area (Å²) < 4.78 is 0. The van der Waals surface area contributed by atoms with Crippen molar-refractivity contribution in [2.45, 2.75) is 11.8 Å². The highest BCUT2D eigenvalue weighted by Crippen LogP contribution is 2.18. The third kappa shape index (κ3) is 3.03. The fraction of sp³-hybridized carbons (Fsp3) is 0.250. The molecule has 2 nitrogen and oxygen atoms in total. The predicted octanol–water partition coefficient (Wildman–Crippen LogP) is 2.08. The molecule has 1 N–H and O–H groups in total. The second kappa shape index (κ2) is 5.47. The molecule has 0 saturated heterocycles. The summed E-state index contributed by atoms with van der Waals surface area (Å²) in [5, 5.41) is 2.66. The highest BCUT2D eigenvalue weighted by Gasteiger charge is 2.08. The third-order valence-corrected chi connectivity index (χ3v) is 2.77. The lowest BCUT2D eigenvalue weighted by Gasteiger charge is -2.06. The lowest BCUT2D eigenvalue weighted by molar-refractivity contribution is 0.0958. The molecule has 15 heavy (non-hydrogen) atoms. The molecule has 0 atom stereocenters. The van der Waals surface area contributed by atoms with E-state index < -0.39 is 0 Å². The van der Waals surface area contributed by atoms with Crippen molar-refractivity contribution in [1.82, 2.24) is 5.32 Å². The molecule has 1 rings (SSSR count). The van der Waals surface area contributed by atoms with Gasteiger partial charge in [-0.25, -0.2) is 0 Å². The minimum absolute atomic E-state index is 0.110. The van der Waals surface area contributed by atoms with Gasteiger partial charge in [-0.05, 0) is 30.9 Å². The molecule has 0 saturated carbocycles. The molecule has 1 amide bonds. The molecule has 1 aromatic carbocycles. The summed E-state index contributed by atoms with van der Waals surface area (Å²) in [5.41, 5.74) is 1.65. The van der Waals surface area contributed by atoms with Crippen LogP contribution >= 0.6 is 11.8 Å². The van der Waals surface area contributed by atoms with Gasteiger partial charge in [0.1, 0.15) is 0 Å². The van der Waals surface area contributed by atoms with Crippen LogP contribution in [0.25, 0.3) is 0 Å². The zero-order chi connectivity index (χ0) is 11.3. The van der Waals surface area contributed by atoms with Crippen molar-refractivity contribution >= 4 is 17.7 Å². The zero-order valence-electron chi connectivity index (χ0n) is 8.83. The van der Waals surface area contributed by atoms with Gasteiger partial charge in [0.25, 0.3) is 5.91 Å². The standard InChI is InChI=1S/C12H13NOS/c1-4-7-13-12(14)11-8-10(15-3)6-5-9(11)2/h1,5-6,8H,7H2,2-3H3,(H,13,14). The van der Waals surface area contributed by atoms with E-state index in [0.29, 0.717) is 5.56 Å². The third-order valence-electron chi connectivity index (χ3n) is 2.04. The monoisotopic (exact) mass is 219 g/mol. The van der Waals surface area contributed by atoms with E-state index in [9.17, 15) is 4.79 Å². The van der Waals surface area contributed by atoms with Crippen LogP contribution in [0.15, 0.2) is 23.1 Å². The number of thioether (sulfide) groups is 1. The minimum atomic E-state index is -0.110. The Morgan fingerprint density at radius 3 is 2.93 bits per heavy atom. The van der Waals surface area contributed by atoms with Crippen molar-refractivity contribution in [2.24, 2.45) is 0 Å². The largest absolute Gasteiger partial charge is 0.341 e. The molecular weight excluding hydrogens is 206 g/mol. The van der Waals surface area contributed by atoms with Crippen molar-refractivity contribution in [3.8, 4) is 12.3 Å². The molecule has 0 aromatic heterocycles. The van der Waals surface area contributed by atoms with Crippen LogP contribution < -0.4 is 5.32 Å². The van der Waals surface area contributed by atoms with Crippen LogP contribution in [0.3, 0.4) is 0 Å². The molecule has 0 aliphatic heterocycles. The van der Waals surface area contributed by atoms with Gasteiger partial charge in [0.05, 0.1) is 6.54 Å². The van der Waals surface area contributed by atoms with E-state index in [1.165, 1.54) is 0 Å². The van der Waals surface area contributed by atoms with Crippen molar-refractivity contribution in [1.29, 1.82) is 0 Å². The quantitative estimate of drug-likeness (QED) is 0.623. The molecule has 0 unspecified atom stereocenters. The summed E-state index contributed by atoms with van der Waals surface area (Å²) >= 11 is 1.61. The summed E-state index contributed by atoms with van der Waals surface area (Å²) in [7, 11) is 0. The van der Waals surface area contributed by atoms with Gasteiger partial charge in [-0.15, -0.1) is 18.2 Å². The fourth-order valence-electron chi connectivity index (χ4n) is 1.20. The molecule has 0 heterocycles. The Balaban J connectivity index is 2.92. The number of terminal acetylenes is 1. The lowest BCUT2D eigenvalue weighted by Crippen LogP contribution is -2.24. The molecule has 0 spiro atoms. The number of hydrogen-bond donors (Lipinski definition) is 1. The second-order valence-electron chi connectivity index (χ2n) is 3.07. The Labute approximate surface area is 94.5 Å².